The van der Waals surface area contributed by atoms with E-state index < -0.39 is 18.0 Å². The second-order valence-electron chi connectivity index (χ2n) is 4.57. The van der Waals surface area contributed by atoms with Gasteiger partial charge in [-0.3, -0.25) is 10.1 Å². The highest BCUT2D eigenvalue weighted by atomic mass is 16.5. The molecule has 4 N–H and O–H groups in total. The lowest BCUT2D eigenvalue weighted by molar-refractivity contribution is -0.119. The molecule has 7 nitrogen and oxygen atoms in total. The van der Waals surface area contributed by atoms with Crippen LogP contribution < -0.4 is 16.4 Å². The van der Waals surface area contributed by atoms with Crippen molar-refractivity contribution in [2.24, 2.45) is 5.73 Å². The summed E-state index contributed by atoms with van der Waals surface area (Å²) < 4.78 is 4.83. The van der Waals surface area contributed by atoms with Crippen LogP contribution in [0.2, 0.25) is 0 Å². The average Bonchev–Trinajstić information content (AvgIpc) is 2.84. The molecule has 0 radical (unpaired) electrons. The second kappa shape index (κ2) is 6.56. The number of amides is 3. The van der Waals surface area contributed by atoms with Crippen LogP contribution in [0.25, 0.3) is 0 Å². The van der Waals surface area contributed by atoms with Crippen molar-refractivity contribution in [1.82, 2.24) is 10.5 Å². The Balaban J connectivity index is 1.96. The molecular weight excluding hydrogens is 272 g/mol. The van der Waals surface area contributed by atoms with E-state index in [1.807, 2.05) is 30.3 Å². The van der Waals surface area contributed by atoms with Gasteiger partial charge in [-0.25, -0.2) is 4.79 Å². The molecule has 0 saturated carbocycles. The van der Waals surface area contributed by atoms with Crippen LogP contribution in [0.4, 0.5) is 10.6 Å². The van der Waals surface area contributed by atoms with Crippen molar-refractivity contribution in [3.05, 3.63) is 47.7 Å². The van der Waals surface area contributed by atoms with Gasteiger partial charge in [-0.15, -0.1) is 0 Å². The summed E-state index contributed by atoms with van der Waals surface area (Å²) in [5.41, 5.74) is 6.22. The zero-order valence-corrected chi connectivity index (χ0v) is 11.5. The van der Waals surface area contributed by atoms with Crippen molar-refractivity contribution < 1.29 is 14.1 Å². The first-order valence-electron chi connectivity index (χ1n) is 6.38. The van der Waals surface area contributed by atoms with Crippen LogP contribution in [0.1, 0.15) is 11.3 Å². The van der Waals surface area contributed by atoms with Crippen LogP contribution >= 0.6 is 0 Å². The topological polar surface area (TPSA) is 110 Å². The van der Waals surface area contributed by atoms with Crippen LogP contribution in [0.3, 0.4) is 0 Å². The molecule has 110 valence electrons. The smallest absolute Gasteiger partial charge is 0.321 e. The van der Waals surface area contributed by atoms with Crippen molar-refractivity contribution in [3.63, 3.8) is 0 Å². The Kier molecular flexibility index (Phi) is 4.55. The molecular formula is C14H16N4O3. The van der Waals surface area contributed by atoms with Gasteiger partial charge in [-0.05, 0) is 12.5 Å². The molecule has 1 atom stereocenters. The zero-order valence-electron chi connectivity index (χ0n) is 11.5. The molecule has 0 aliphatic rings. The molecule has 1 aromatic carbocycles. The van der Waals surface area contributed by atoms with Crippen LogP contribution in [-0.4, -0.2) is 23.1 Å². The molecule has 0 aliphatic carbocycles. The first-order chi connectivity index (χ1) is 10.0. The minimum Gasteiger partial charge on any atom is -0.368 e. The number of carbonyl (C=O) groups excluding carboxylic acids is 2. The predicted octanol–water partition coefficient (Wildman–Crippen LogP) is 1.20. The van der Waals surface area contributed by atoms with Crippen LogP contribution in [-0.2, 0) is 11.2 Å². The Morgan fingerprint density at radius 1 is 1.33 bits per heavy atom. The van der Waals surface area contributed by atoms with Crippen LogP contribution in [0.15, 0.2) is 40.9 Å². The molecule has 0 aliphatic heterocycles. The number of aromatic nitrogens is 1. The summed E-state index contributed by atoms with van der Waals surface area (Å²) >= 11 is 0. The van der Waals surface area contributed by atoms with Crippen molar-refractivity contribution in [2.45, 2.75) is 19.4 Å². The molecule has 1 aromatic heterocycles. The zero-order chi connectivity index (χ0) is 15.2. The van der Waals surface area contributed by atoms with E-state index in [1.54, 1.807) is 13.0 Å². The predicted molar refractivity (Wildman–Crippen MR) is 76.5 cm³/mol. The van der Waals surface area contributed by atoms with Gasteiger partial charge >= 0.3 is 6.03 Å². The molecule has 3 amide bonds. The maximum absolute atomic E-state index is 11.8. The lowest BCUT2D eigenvalue weighted by atomic mass is 10.1. The first kappa shape index (κ1) is 14.6. The molecule has 2 aromatic rings. The van der Waals surface area contributed by atoms with E-state index >= 15 is 0 Å². The second-order valence-corrected chi connectivity index (χ2v) is 4.57. The number of nitrogens with zero attached hydrogens (tertiary/aromatic N) is 1. The molecule has 0 saturated heterocycles. The maximum atomic E-state index is 11.8. The number of nitrogens with one attached hydrogen (secondary N) is 2. The summed E-state index contributed by atoms with van der Waals surface area (Å²) in [6, 6.07) is 9.49. The van der Waals surface area contributed by atoms with Gasteiger partial charge in [-0.2, -0.15) is 0 Å². The number of nitrogens with two attached hydrogens (primary N) is 1. The quantitative estimate of drug-likeness (QED) is 0.767. The number of aryl methyl sites for hydroxylation is 1. The van der Waals surface area contributed by atoms with E-state index in [0.717, 1.165) is 5.56 Å². The van der Waals surface area contributed by atoms with Crippen LogP contribution in [0, 0.1) is 6.92 Å². The molecule has 0 unspecified atom stereocenters. The third kappa shape index (κ3) is 4.34. The fourth-order valence-corrected chi connectivity index (χ4v) is 1.81. The van der Waals surface area contributed by atoms with E-state index in [2.05, 4.69) is 15.8 Å². The third-order valence-electron chi connectivity index (χ3n) is 2.80. The fraction of sp³-hybridized carbons (Fsp3) is 0.214. The highest BCUT2D eigenvalue weighted by molar-refractivity contribution is 5.92. The molecule has 2 rings (SSSR count). The van der Waals surface area contributed by atoms with Crippen LogP contribution in [0.5, 0.6) is 0 Å². The summed E-state index contributed by atoms with van der Waals surface area (Å²) in [6.07, 6.45) is 0.321. The number of urea groups is 1. The molecule has 0 fully saturated rings. The van der Waals surface area contributed by atoms with Crippen molar-refractivity contribution in [3.8, 4) is 0 Å². The van der Waals surface area contributed by atoms with E-state index in [1.165, 1.54) is 0 Å². The van der Waals surface area contributed by atoms with Gasteiger partial charge in [-0.1, -0.05) is 35.5 Å². The number of anilines is 1. The summed E-state index contributed by atoms with van der Waals surface area (Å²) in [6.45, 7) is 1.71. The first-order valence-corrected chi connectivity index (χ1v) is 6.38. The summed E-state index contributed by atoms with van der Waals surface area (Å²) in [7, 11) is 0. The fourth-order valence-electron chi connectivity index (χ4n) is 1.81. The Bertz CT molecular complexity index is 624. The maximum Gasteiger partial charge on any atom is 0.321 e. The standard InChI is InChI=1S/C14H16N4O3/c1-9-7-12(18-21-9)17-14(20)16-11(13(15)19)8-10-5-3-2-4-6-10/h2-7,11H,8H2,1H3,(H2,15,19)(H2,16,17,18,20)/t11-/m0/s1. The monoisotopic (exact) mass is 288 g/mol. The van der Waals surface area contributed by atoms with E-state index in [4.69, 9.17) is 10.3 Å². The van der Waals surface area contributed by atoms with Gasteiger partial charge < -0.3 is 15.6 Å². The van der Waals surface area contributed by atoms with Crippen molar-refractivity contribution in [1.29, 1.82) is 0 Å². The minimum absolute atomic E-state index is 0.271. The Labute approximate surface area is 121 Å². The number of primary amides is 1. The van der Waals surface area contributed by atoms with Gasteiger partial charge in [0.1, 0.15) is 11.8 Å². The van der Waals surface area contributed by atoms with Crippen molar-refractivity contribution >= 4 is 17.8 Å². The lowest BCUT2D eigenvalue weighted by Crippen LogP contribution is -2.47. The molecule has 0 spiro atoms. The Morgan fingerprint density at radius 2 is 2.05 bits per heavy atom. The van der Waals surface area contributed by atoms with E-state index in [-0.39, 0.29) is 5.82 Å². The van der Waals surface area contributed by atoms with Gasteiger partial charge in [0.05, 0.1) is 0 Å². The van der Waals surface area contributed by atoms with Gasteiger partial charge in [0.15, 0.2) is 5.82 Å². The number of benzene rings is 1. The third-order valence-corrected chi connectivity index (χ3v) is 2.80. The van der Waals surface area contributed by atoms with Gasteiger partial charge in [0, 0.05) is 12.5 Å². The number of rotatable bonds is 5. The van der Waals surface area contributed by atoms with Gasteiger partial charge in [0.2, 0.25) is 5.91 Å². The number of hydrogen-bond donors (Lipinski definition) is 3. The minimum atomic E-state index is -0.805. The summed E-state index contributed by atoms with van der Waals surface area (Å²) in [4.78, 5) is 23.3. The average molecular weight is 288 g/mol. The highest BCUT2D eigenvalue weighted by Crippen LogP contribution is 2.07. The molecule has 7 heteroatoms. The number of hydrogen-bond acceptors (Lipinski definition) is 4. The lowest BCUT2D eigenvalue weighted by Gasteiger charge is -2.15. The van der Waals surface area contributed by atoms with Gasteiger partial charge in [0.25, 0.3) is 0 Å². The molecule has 0 bridgehead atoms. The summed E-state index contributed by atoms with van der Waals surface area (Å²) in [5.74, 6) is 0.235. The van der Waals surface area contributed by atoms with Crippen molar-refractivity contribution in [2.75, 3.05) is 5.32 Å². The largest absolute Gasteiger partial charge is 0.368 e. The summed E-state index contributed by atoms with van der Waals surface area (Å²) in [5, 5.41) is 8.62. The SMILES string of the molecule is Cc1cc(NC(=O)N[C@@H](Cc2ccccc2)C(N)=O)no1. The normalized spacial score (nSPS) is 11.7. The molecule has 21 heavy (non-hydrogen) atoms. The molecule has 1 heterocycles. The Hall–Kier alpha value is -2.83. The highest BCUT2D eigenvalue weighted by Gasteiger charge is 2.19. The Morgan fingerprint density at radius 3 is 2.62 bits per heavy atom. The number of carbonyl (C=O) groups is 2. The van der Waals surface area contributed by atoms with E-state index in [0.29, 0.717) is 12.2 Å². The van der Waals surface area contributed by atoms with E-state index in [9.17, 15) is 9.59 Å².